The standard InChI is InChI=1S/C55H92O12S/c1-3-5-7-9-11-13-15-17-19-21-23-25-26-28-30-32-34-36-38-40-42-44-51(57)65-49(48-64-55-53(59)54(67-68(60,61)62)52(58)50(46-56)66-55)47-63-45-43-41-39-37-35-33-31-29-27-24-22-20-18-16-14-12-10-8-6-4-2/h5,7,11-14,17-20,23-25,27-28,30,49-50,52-56,58-59H,3-4,6,8-10,15-16,21-22,26,29,31-48H2,1-2H3,(H,60,61,62)/b7-5-,13-11-,14-12-,19-17-,20-18-,25-23-,27-24-,30-28-. The van der Waals surface area contributed by atoms with E-state index >= 15 is 0 Å². The molecule has 1 fully saturated rings. The molecule has 0 aliphatic carbocycles. The summed E-state index contributed by atoms with van der Waals surface area (Å²) in [6.45, 7) is 3.79. The summed E-state index contributed by atoms with van der Waals surface area (Å²) >= 11 is 0. The molecule has 0 radical (unpaired) electrons. The maximum absolute atomic E-state index is 12.9. The van der Waals surface area contributed by atoms with Crippen LogP contribution in [0.5, 0.6) is 0 Å². The number of hydrogen-bond acceptors (Lipinski definition) is 11. The highest BCUT2D eigenvalue weighted by atomic mass is 32.3. The summed E-state index contributed by atoms with van der Waals surface area (Å²) in [7, 11) is -5.08. The van der Waals surface area contributed by atoms with Gasteiger partial charge in [0.2, 0.25) is 0 Å². The molecule has 0 aromatic heterocycles. The molecule has 6 atom stereocenters. The number of carbonyl (C=O) groups excluding carboxylic acids is 1. The van der Waals surface area contributed by atoms with E-state index in [-0.39, 0.29) is 19.6 Å². The summed E-state index contributed by atoms with van der Waals surface area (Å²) in [5.74, 6) is -0.425. The molecule has 0 bridgehead atoms. The summed E-state index contributed by atoms with van der Waals surface area (Å²) < 4.78 is 59.3. The fourth-order valence-corrected chi connectivity index (χ4v) is 7.80. The average molecular weight is 977 g/mol. The Morgan fingerprint density at radius 1 is 0.574 bits per heavy atom. The van der Waals surface area contributed by atoms with Crippen LogP contribution >= 0.6 is 0 Å². The van der Waals surface area contributed by atoms with Crippen LogP contribution in [0, 0.1) is 0 Å². The highest BCUT2D eigenvalue weighted by Crippen LogP contribution is 2.26. The maximum atomic E-state index is 12.9. The van der Waals surface area contributed by atoms with E-state index in [1.54, 1.807) is 0 Å². The molecule has 0 amide bonds. The Balaban J connectivity index is 2.40. The lowest BCUT2D eigenvalue weighted by molar-refractivity contribution is -0.301. The molecular weight excluding hydrogens is 885 g/mol. The third-order valence-electron chi connectivity index (χ3n) is 11.2. The summed E-state index contributed by atoms with van der Waals surface area (Å²) in [5.41, 5.74) is 0. The molecule has 0 saturated carbocycles. The van der Waals surface area contributed by atoms with E-state index in [0.717, 1.165) is 109 Å². The van der Waals surface area contributed by atoms with E-state index in [1.807, 2.05) is 0 Å². The number of ether oxygens (including phenoxy) is 4. The van der Waals surface area contributed by atoms with Crippen LogP contribution in [-0.4, -0.2) is 97.5 Å². The largest absolute Gasteiger partial charge is 0.457 e. The van der Waals surface area contributed by atoms with E-state index in [0.29, 0.717) is 13.0 Å². The molecule has 1 aliphatic rings. The molecule has 0 aromatic rings. The Hall–Kier alpha value is -2.98. The molecule has 1 aliphatic heterocycles. The topological polar surface area (TPSA) is 178 Å². The predicted molar refractivity (Wildman–Crippen MR) is 275 cm³/mol. The van der Waals surface area contributed by atoms with Crippen molar-refractivity contribution in [3.63, 3.8) is 0 Å². The molecule has 13 heteroatoms. The van der Waals surface area contributed by atoms with E-state index in [9.17, 15) is 33.1 Å². The van der Waals surface area contributed by atoms with Crippen LogP contribution in [0.3, 0.4) is 0 Å². The van der Waals surface area contributed by atoms with Gasteiger partial charge in [-0.05, 0) is 96.3 Å². The number of hydrogen-bond donors (Lipinski definition) is 4. The molecule has 0 aromatic carbocycles. The molecule has 4 N–H and O–H groups in total. The third kappa shape index (κ3) is 37.9. The number of rotatable bonds is 44. The second-order valence-electron chi connectivity index (χ2n) is 17.4. The first kappa shape index (κ1) is 63.0. The molecule has 6 unspecified atom stereocenters. The van der Waals surface area contributed by atoms with E-state index < -0.39 is 59.8 Å². The van der Waals surface area contributed by atoms with Crippen LogP contribution in [0.1, 0.15) is 181 Å². The van der Waals surface area contributed by atoms with Crippen molar-refractivity contribution in [2.75, 3.05) is 26.4 Å². The third-order valence-corrected chi connectivity index (χ3v) is 11.7. The molecule has 1 heterocycles. The number of aliphatic hydroxyl groups excluding tert-OH is 3. The van der Waals surface area contributed by atoms with Crippen LogP contribution in [0.25, 0.3) is 0 Å². The number of allylic oxidation sites excluding steroid dienone is 16. The first-order valence-corrected chi connectivity index (χ1v) is 27.4. The predicted octanol–water partition coefficient (Wildman–Crippen LogP) is 12.2. The average Bonchev–Trinajstić information content (AvgIpc) is 3.31. The highest BCUT2D eigenvalue weighted by molar-refractivity contribution is 7.80. The van der Waals surface area contributed by atoms with Crippen LogP contribution in [-0.2, 0) is 38.3 Å². The summed E-state index contributed by atoms with van der Waals surface area (Å²) in [6.07, 6.45) is 52.8. The molecular formula is C55H92O12S. The number of carbonyl (C=O) groups is 1. The van der Waals surface area contributed by atoms with Gasteiger partial charge in [0.05, 0.1) is 19.8 Å². The SMILES string of the molecule is CC/C=C\C/C=C\C/C=C\C/C=C\C/C=C\CCCCCCCC(=O)OC(COCCCCCCCCC/C=C\C/C=C\C/C=C\CCCCC)COC1OC(CO)C(O)C(OS(=O)(=O)O)C1O. The van der Waals surface area contributed by atoms with Crippen molar-refractivity contribution in [2.24, 2.45) is 0 Å². The molecule has 1 rings (SSSR count). The monoisotopic (exact) mass is 977 g/mol. The fourth-order valence-electron chi connectivity index (χ4n) is 7.29. The van der Waals surface area contributed by atoms with Crippen molar-refractivity contribution in [3.05, 3.63) is 97.2 Å². The van der Waals surface area contributed by atoms with Gasteiger partial charge >= 0.3 is 16.4 Å². The molecule has 390 valence electrons. The van der Waals surface area contributed by atoms with Gasteiger partial charge in [0, 0.05) is 13.0 Å². The summed E-state index contributed by atoms with van der Waals surface area (Å²) in [6, 6.07) is 0. The zero-order valence-corrected chi connectivity index (χ0v) is 42.7. The first-order valence-electron chi connectivity index (χ1n) is 26.0. The molecule has 12 nitrogen and oxygen atoms in total. The van der Waals surface area contributed by atoms with Gasteiger partial charge in [0.25, 0.3) is 0 Å². The Kier molecular flexibility index (Phi) is 41.9. The van der Waals surface area contributed by atoms with Crippen molar-refractivity contribution in [3.8, 4) is 0 Å². The molecule has 68 heavy (non-hydrogen) atoms. The second-order valence-corrected chi connectivity index (χ2v) is 18.4. The highest BCUT2D eigenvalue weighted by Gasteiger charge is 2.48. The normalized spacial score (nSPS) is 20.1. The lowest BCUT2D eigenvalue weighted by Gasteiger charge is -2.41. The second kappa shape index (κ2) is 45.2. The Morgan fingerprint density at radius 2 is 1.01 bits per heavy atom. The smallest absolute Gasteiger partial charge is 0.397 e. The van der Waals surface area contributed by atoms with Crippen molar-refractivity contribution in [1.82, 2.24) is 0 Å². The van der Waals surface area contributed by atoms with Gasteiger partial charge in [0.1, 0.15) is 30.5 Å². The summed E-state index contributed by atoms with van der Waals surface area (Å²) in [4.78, 5) is 12.9. The number of aliphatic hydroxyl groups is 3. The fraction of sp³-hybridized carbons (Fsp3) is 0.691. The van der Waals surface area contributed by atoms with Crippen LogP contribution in [0.4, 0.5) is 0 Å². The van der Waals surface area contributed by atoms with E-state index in [1.165, 1.54) is 44.9 Å². The maximum Gasteiger partial charge on any atom is 0.397 e. The van der Waals surface area contributed by atoms with Gasteiger partial charge in [-0.15, -0.1) is 0 Å². The lowest BCUT2D eigenvalue weighted by Crippen LogP contribution is -2.60. The minimum absolute atomic E-state index is 0.0147. The van der Waals surface area contributed by atoms with Crippen molar-refractivity contribution < 1.29 is 56.2 Å². The minimum Gasteiger partial charge on any atom is -0.457 e. The summed E-state index contributed by atoms with van der Waals surface area (Å²) in [5, 5.41) is 30.8. The van der Waals surface area contributed by atoms with Crippen LogP contribution in [0.15, 0.2) is 97.2 Å². The molecule has 1 saturated heterocycles. The quantitative estimate of drug-likeness (QED) is 0.0197. The number of esters is 1. The Morgan fingerprint density at radius 3 is 1.49 bits per heavy atom. The minimum atomic E-state index is -5.08. The van der Waals surface area contributed by atoms with Gasteiger partial charge in [-0.3, -0.25) is 9.35 Å². The zero-order valence-electron chi connectivity index (χ0n) is 41.9. The van der Waals surface area contributed by atoms with Crippen molar-refractivity contribution in [1.29, 1.82) is 0 Å². The zero-order chi connectivity index (χ0) is 49.6. The number of unbranched alkanes of at least 4 members (excludes halogenated alkanes) is 15. The van der Waals surface area contributed by atoms with Gasteiger partial charge in [-0.2, -0.15) is 8.42 Å². The van der Waals surface area contributed by atoms with Gasteiger partial charge in [0.15, 0.2) is 6.29 Å². The van der Waals surface area contributed by atoms with Crippen molar-refractivity contribution in [2.45, 2.75) is 218 Å². The van der Waals surface area contributed by atoms with E-state index in [2.05, 4.69) is 115 Å². The lowest BCUT2D eigenvalue weighted by atomic mass is 9.99. The van der Waals surface area contributed by atoms with Crippen molar-refractivity contribution >= 4 is 16.4 Å². The van der Waals surface area contributed by atoms with Gasteiger partial charge in [-0.1, -0.05) is 175 Å². The van der Waals surface area contributed by atoms with Gasteiger partial charge < -0.3 is 34.3 Å². The van der Waals surface area contributed by atoms with Crippen LogP contribution in [0.2, 0.25) is 0 Å². The van der Waals surface area contributed by atoms with Gasteiger partial charge in [-0.25, -0.2) is 4.18 Å². The Labute approximate surface area is 412 Å². The Bertz CT molecular complexity index is 1550. The molecule has 0 spiro atoms. The van der Waals surface area contributed by atoms with E-state index in [4.69, 9.17) is 18.9 Å². The first-order chi connectivity index (χ1) is 33.1. The van der Waals surface area contributed by atoms with Crippen LogP contribution < -0.4 is 0 Å².